The standard InChI is InChI=1S/C31H29F4N3O4/c1-20-5-7-23(8-6-20)29(41)38-26(27(39)36-18-21-3-2-4-24(17-21)31(33,34)35)19-42-30(38)13-15-37(16-14-30)28(40)22-9-11-25(32)12-10-22/h2-12,17,26H,13-16,18-19H2,1H3,(H,36,39)/t26-/m0/s1. The molecule has 2 aliphatic rings. The Morgan fingerprint density at radius 2 is 1.55 bits per heavy atom. The fraction of sp³-hybridized carbons (Fsp3) is 0.323. The molecule has 0 unspecified atom stereocenters. The minimum Gasteiger partial charge on any atom is -0.353 e. The lowest BCUT2D eigenvalue weighted by Gasteiger charge is -2.44. The molecule has 3 amide bonds. The van der Waals surface area contributed by atoms with Crippen LogP contribution in [-0.4, -0.2) is 59.0 Å². The third kappa shape index (κ3) is 6.01. The second-order valence-electron chi connectivity index (χ2n) is 10.5. The molecule has 0 aliphatic carbocycles. The van der Waals surface area contributed by atoms with Crippen molar-refractivity contribution in [3.8, 4) is 0 Å². The Labute approximate surface area is 240 Å². The van der Waals surface area contributed by atoms with Gasteiger partial charge in [0.15, 0.2) is 0 Å². The number of rotatable bonds is 5. The van der Waals surface area contributed by atoms with E-state index in [1.165, 1.54) is 41.3 Å². The van der Waals surface area contributed by atoms with E-state index in [1.807, 2.05) is 6.92 Å². The van der Waals surface area contributed by atoms with E-state index in [0.29, 0.717) is 11.1 Å². The van der Waals surface area contributed by atoms with E-state index >= 15 is 0 Å². The Morgan fingerprint density at radius 3 is 2.19 bits per heavy atom. The zero-order valence-corrected chi connectivity index (χ0v) is 22.8. The van der Waals surface area contributed by atoms with Crippen LogP contribution in [0.5, 0.6) is 0 Å². The maximum Gasteiger partial charge on any atom is 0.416 e. The van der Waals surface area contributed by atoms with Gasteiger partial charge in [0, 0.05) is 43.6 Å². The number of aryl methyl sites for hydroxylation is 1. The second kappa shape index (κ2) is 11.6. The molecule has 5 rings (SSSR count). The molecular formula is C31H29F4N3O4. The molecule has 3 aromatic rings. The number of carbonyl (C=O) groups excluding carboxylic acids is 3. The summed E-state index contributed by atoms with van der Waals surface area (Å²) < 4.78 is 58.9. The lowest BCUT2D eigenvalue weighted by molar-refractivity contribution is -0.137. The zero-order chi connectivity index (χ0) is 30.1. The van der Waals surface area contributed by atoms with Crippen molar-refractivity contribution in [2.24, 2.45) is 0 Å². The van der Waals surface area contributed by atoms with E-state index in [0.717, 1.165) is 17.7 Å². The first kappa shape index (κ1) is 29.2. The van der Waals surface area contributed by atoms with Crippen LogP contribution in [-0.2, 0) is 22.3 Å². The summed E-state index contributed by atoms with van der Waals surface area (Å²) in [5, 5.41) is 2.66. The largest absolute Gasteiger partial charge is 0.416 e. The van der Waals surface area contributed by atoms with Crippen LogP contribution in [0.4, 0.5) is 17.6 Å². The maximum atomic E-state index is 13.9. The number of halogens is 4. The summed E-state index contributed by atoms with van der Waals surface area (Å²) in [4.78, 5) is 43.3. The molecule has 220 valence electrons. The van der Waals surface area contributed by atoms with Gasteiger partial charge in [-0.3, -0.25) is 19.3 Å². The number of ether oxygens (including phenoxy) is 1. The number of nitrogens with one attached hydrogen (secondary N) is 1. The molecule has 3 aromatic carbocycles. The molecular weight excluding hydrogens is 554 g/mol. The number of likely N-dealkylation sites (tertiary alicyclic amines) is 1. The van der Waals surface area contributed by atoms with Crippen molar-refractivity contribution in [2.45, 2.75) is 44.3 Å². The first-order valence-electron chi connectivity index (χ1n) is 13.5. The Balaban J connectivity index is 1.35. The molecule has 7 nitrogen and oxygen atoms in total. The normalized spacial score (nSPS) is 18.3. The summed E-state index contributed by atoms with van der Waals surface area (Å²) in [7, 11) is 0. The van der Waals surface area contributed by atoms with E-state index in [2.05, 4.69) is 5.32 Å². The molecule has 2 heterocycles. The van der Waals surface area contributed by atoms with Crippen LogP contribution in [0, 0.1) is 12.7 Å². The number of amides is 3. The van der Waals surface area contributed by atoms with Crippen LogP contribution >= 0.6 is 0 Å². The number of carbonyl (C=O) groups is 3. The van der Waals surface area contributed by atoms with Gasteiger partial charge in [-0.05, 0) is 61.0 Å². The highest BCUT2D eigenvalue weighted by atomic mass is 19.4. The van der Waals surface area contributed by atoms with Gasteiger partial charge in [-0.1, -0.05) is 29.8 Å². The van der Waals surface area contributed by atoms with Crippen LogP contribution in [0.3, 0.4) is 0 Å². The number of hydrogen-bond acceptors (Lipinski definition) is 4. The Bertz CT molecular complexity index is 1470. The molecule has 2 aliphatic heterocycles. The van der Waals surface area contributed by atoms with Gasteiger partial charge in [-0.25, -0.2) is 4.39 Å². The van der Waals surface area contributed by atoms with Crippen LogP contribution < -0.4 is 5.32 Å². The van der Waals surface area contributed by atoms with E-state index in [-0.39, 0.29) is 50.6 Å². The van der Waals surface area contributed by atoms with Gasteiger partial charge in [0.05, 0.1) is 12.2 Å². The summed E-state index contributed by atoms with van der Waals surface area (Å²) in [6.45, 7) is 2.06. The lowest BCUT2D eigenvalue weighted by atomic mass is 9.96. The lowest BCUT2D eigenvalue weighted by Crippen LogP contribution is -2.59. The average molecular weight is 584 g/mol. The third-order valence-electron chi connectivity index (χ3n) is 7.72. The van der Waals surface area contributed by atoms with Crippen molar-refractivity contribution in [3.05, 3.63) is 106 Å². The van der Waals surface area contributed by atoms with Crippen molar-refractivity contribution in [1.82, 2.24) is 15.1 Å². The molecule has 42 heavy (non-hydrogen) atoms. The van der Waals surface area contributed by atoms with Crippen molar-refractivity contribution in [3.63, 3.8) is 0 Å². The van der Waals surface area contributed by atoms with Gasteiger partial charge in [0.25, 0.3) is 11.8 Å². The number of nitrogens with zero attached hydrogens (tertiary/aromatic N) is 2. The predicted octanol–water partition coefficient (Wildman–Crippen LogP) is 4.94. The number of hydrogen-bond donors (Lipinski definition) is 1. The Morgan fingerprint density at radius 1 is 0.929 bits per heavy atom. The molecule has 2 fully saturated rings. The highest BCUT2D eigenvalue weighted by molar-refractivity contribution is 5.98. The van der Waals surface area contributed by atoms with E-state index in [9.17, 15) is 31.9 Å². The Hall–Kier alpha value is -4.25. The SMILES string of the molecule is Cc1ccc(C(=O)N2[C@H](C(=O)NCc3cccc(C(F)(F)F)c3)COC23CCN(C(=O)c2ccc(F)cc2)CC3)cc1. The molecule has 0 aromatic heterocycles. The fourth-order valence-electron chi connectivity index (χ4n) is 5.40. The minimum absolute atomic E-state index is 0.113. The molecule has 1 N–H and O–H groups in total. The number of alkyl halides is 3. The van der Waals surface area contributed by atoms with Gasteiger partial charge in [0.2, 0.25) is 5.91 Å². The second-order valence-corrected chi connectivity index (χ2v) is 10.5. The monoisotopic (exact) mass is 583 g/mol. The molecule has 0 bridgehead atoms. The number of benzene rings is 3. The van der Waals surface area contributed by atoms with E-state index in [4.69, 9.17) is 4.74 Å². The van der Waals surface area contributed by atoms with Gasteiger partial charge in [0.1, 0.15) is 17.6 Å². The van der Waals surface area contributed by atoms with Crippen LogP contribution in [0.15, 0.2) is 72.8 Å². The zero-order valence-electron chi connectivity index (χ0n) is 22.8. The number of piperidine rings is 1. The van der Waals surface area contributed by atoms with E-state index < -0.39 is 41.1 Å². The quantitative estimate of drug-likeness (QED) is 0.432. The first-order chi connectivity index (χ1) is 20.0. The van der Waals surface area contributed by atoms with Crippen molar-refractivity contribution < 1.29 is 36.7 Å². The van der Waals surface area contributed by atoms with Crippen LogP contribution in [0.2, 0.25) is 0 Å². The summed E-state index contributed by atoms with van der Waals surface area (Å²) in [6.07, 6.45) is -4.06. The van der Waals surface area contributed by atoms with Crippen LogP contribution in [0.1, 0.15) is 50.2 Å². The van der Waals surface area contributed by atoms with E-state index in [1.54, 1.807) is 29.2 Å². The maximum absolute atomic E-state index is 13.9. The molecule has 1 spiro atoms. The molecule has 0 saturated carbocycles. The van der Waals surface area contributed by atoms with Crippen molar-refractivity contribution in [2.75, 3.05) is 19.7 Å². The van der Waals surface area contributed by atoms with Crippen molar-refractivity contribution >= 4 is 17.7 Å². The summed E-state index contributed by atoms with van der Waals surface area (Å²) in [6, 6.07) is 15.8. The summed E-state index contributed by atoms with van der Waals surface area (Å²) >= 11 is 0. The van der Waals surface area contributed by atoms with Gasteiger partial charge in [-0.2, -0.15) is 13.2 Å². The van der Waals surface area contributed by atoms with Crippen LogP contribution in [0.25, 0.3) is 0 Å². The molecule has 11 heteroatoms. The molecule has 2 saturated heterocycles. The highest BCUT2D eigenvalue weighted by Gasteiger charge is 2.54. The average Bonchev–Trinajstić information content (AvgIpc) is 3.34. The highest BCUT2D eigenvalue weighted by Crippen LogP contribution is 2.39. The minimum atomic E-state index is -4.52. The Kier molecular flexibility index (Phi) is 8.05. The first-order valence-corrected chi connectivity index (χ1v) is 13.5. The van der Waals surface area contributed by atoms with Gasteiger partial charge in [-0.15, -0.1) is 0 Å². The predicted molar refractivity (Wildman–Crippen MR) is 145 cm³/mol. The third-order valence-corrected chi connectivity index (χ3v) is 7.72. The topological polar surface area (TPSA) is 79.0 Å². The molecule has 0 radical (unpaired) electrons. The fourth-order valence-corrected chi connectivity index (χ4v) is 5.40. The summed E-state index contributed by atoms with van der Waals surface area (Å²) in [5.74, 6) is -1.72. The summed E-state index contributed by atoms with van der Waals surface area (Å²) in [5.41, 5.74) is -0.0990. The smallest absolute Gasteiger partial charge is 0.353 e. The molecule has 1 atom stereocenters. The van der Waals surface area contributed by atoms with Crippen molar-refractivity contribution in [1.29, 1.82) is 0 Å². The van der Waals surface area contributed by atoms with Gasteiger partial charge < -0.3 is 15.0 Å². The van der Waals surface area contributed by atoms with Gasteiger partial charge >= 0.3 is 6.18 Å².